The maximum absolute atomic E-state index is 4.32. The fourth-order valence-corrected chi connectivity index (χ4v) is 2.30. The van der Waals surface area contributed by atoms with Gasteiger partial charge in [-0.3, -0.25) is 0 Å². The van der Waals surface area contributed by atoms with Crippen molar-refractivity contribution in [1.29, 1.82) is 0 Å². The van der Waals surface area contributed by atoms with Crippen molar-refractivity contribution in [3.8, 4) is 0 Å². The first-order chi connectivity index (χ1) is 8.35. The van der Waals surface area contributed by atoms with Crippen LogP contribution in [0.25, 0.3) is 0 Å². The molecule has 0 aromatic heterocycles. The Labute approximate surface area is 115 Å². The number of hydrogen-bond donors (Lipinski definition) is 1. The zero-order valence-corrected chi connectivity index (χ0v) is 13.0. The maximum Gasteiger partial charge on any atom is -0.00110 e. The highest BCUT2D eigenvalue weighted by Gasteiger charge is 2.03. The zero-order valence-electron chi connectivity index (χ0n) is 12.1. The van der Waals surface area contributed by atoms with E-state index in [1.165, 1.54) is 77.4 Å². The Bertz CT molecular complexity index is 127. The molecular formula is C15H33NS. The van der Waals surface area contributed by atoms with Crippen LogP contribution >= 0.6 is 12.6 Å². The van der Waals surface area contributed by atoms with Crippen LogP contribution in [0.3, 0.4) is 0 Å². The Balaban J connectivity index is 3.56. The summed E-state index contributed by atoms with van der Waals surface area (Å²) in [4.78, 5) is 2.65. The summed E-state index contributed by atoms with van der Waals surface area (Å²) in [6, 6.07) is 0. The third kappa shape index (κ3) is 12.6. The topological polar surface area (TPSA) is 3.24 Å². The van der Waals surface area contributed by atoms with E-state index in [1.54, 1.807) is 0 Å². The molecule has 2 heteroatoms. The summed E-state index contributed by atoms with van der Waals surface area (Å²) in [6.45, 7) is 8.42. The summed E-state index contributed by atoms with van der Waals surface area (Å²) >= 11 is 4.32. The molecule has 0 saturated heterocycles. The summed E-state index contributed by atoms with van der Waals surface area (Å²) in [5.74, 6) is 1.03. The van der Waals surface area contributed by atoms with E-state index >= 15 is 0 Å². The Hall–Kier alpha value is 0.310. The lowest BCUT2D eigenvalue weighted by molar-refractivity contribution is 0.262. The second-order valence-corrected chi connectivity index (χ2v) is 5.49. The minimum absolute atomic E-state index is 1.03. The van der Waals surface area contributed by atoms with E-state index in [1.807, 2.05) is 0 Å². The van der Waals surface area contributed by atoms with Gasteiger partial charge in [0.2, 0.25) is 0 Å². The van der Waals surface area contributed by atoms with Crippen LogP contribution in [0.5, 0.6) is 0 Å². The molecule has 17 heavy (non-hydrogen) atoms. The van der Waals surface area contributed by atoms with Crippen molar-refractivity contribution in [1.82, 2.24) is 4.90 Å². The van der Waals surface area contributed by atoms with Crippen LogP contribution in [0.15, 0.2) is 0 Å². The first-order valence-corrected chi connectivity index (χ1v) is 8.31. The van der Waals surface area contributed by atoms with Crippen molar-refractivity contribution in [3.63, 3.8) is 0 Å². The van der Waals surface area contributed by atoms with E-state index in [0.717, 1.165) is 5.75 Å². The van der Waals surface area contributed by atoms with E-state index in [0.29, 0.717) is 0 Å². The van der Waals surface area contributed by atoms with Crippen molar-refractivity contribution in [3.05, 3.63) is 0 Å². The molecule has 0 saturated carbocycles. The third-order valence-electron chi connectivity index (χ3n) is 3.29. The van der Waals surface area contributed by atoms with Crippen LogP contribution in [-0.2, 0) is 0 Å². The number of thiol groups is 1. The van der Waals surface area contributed by atoms with Gasteiger partial charge in [0.15, 0.2) is 0 Å². The van der Waals surface area contributed by atoms with Gasteiger partial charge in [-0.15, -0.1) is 0 Å². The van der Waals surface area contributed by atoms with Gasteiger partial charge in [0.05, 0.1) is 0 Å². The first-order valence-electron chi connectivity index (χ1n) is 7.68. The van der Waals surface area contributed by atoms with Gasteiger partial charge in [-0.25, -0.2) is 0 Å². The molecule has 0 aliphatic rings. The van der Waals surface area contributed by atoms with Crippen molar-refractivity contribution in [2.24, 2.45) is 0 Å². The molecule has 0 spiro atoms. The molecule has 0 amide bonds. The molecule has 0 bridgehead atoms. The summed E-state index contributed by atoms with van der Waals surface area (Å²) < 4.78 is 0. The Morgan fingerprint density at radius 3 is 1.53 bits per heavy atom. The minimum atomic E-state index is 1.03. The van der Waals surface area contributed by atoms with Gasteiger partial charge in [0, 0.05) is 0 Å². The van der Waals surface area contributed by atoms with Gasteiger partial charge in [-0.2, -0.15) is 12.6 Å². The second-order valence-electron chi connectivity index (χ2n) is 5.04. The number of rotatable bonds is 13. The van der Waals surface area contributed by atoms with Crippen LogP contribution in [-0.4, -0.2) is 30.3 Å². The van der Waals surface area contributed by atoms with Crippen molar-refractivity contribution in [2.45, 2.75) is 71.6 Å². The van der Waals surface area contributed by atoms with E-state index in [2.05, 4.69) is 31.4 Å². The van der Waals surface area contributed by atoms with E-state index in [9.17, 15) is 0 Å². The standard InChI is InChI=1S/C15H33NS/c1-3-5-7-9-12-16(14-11-15-17)13-10-8-6-4-2/h17H,3-15H2,1-2H3. The summed E-state index contributed by atoms with van der Waals surface area (Å²) in [5.41, 5.74) is 0. The largest absolute Gasteiger partial charge is 0.303 e. The molecule has 0 aromatic rings. The Morgan fingerprint density at radius 2 is 1.12 bits per heavy atom. The average molecular weight is 260 g/mol. The number of unbranched alkanes of at least 4 members (excludes halogenated alkanes) is 6. The lowest BCUT2D eigenvalue weighted by atomic mass is 10.1. The molecular weight excluding hydrogens is 226 g/mol. The quantitative estimate of drug-likeness (QED) is 0.368. The van der Waals surface area contributed by atoms with E-state index in [4.69, 9.17) is 0 Å². The van der Waals surface area contributed by atoms with Crippen LogP contribution in [0.2, 0.25) is 0 Å². The fourth-order valence-electron chi connectivity index (χ4n) is 2.15. The van der Waals surface area contributed by atoms with Crippen LogP contribution in [0.1, 0.15) is 71.6 Å². The lowest BCUT2D eigenvalue weighted by Gasteiger charge is -2.22. The predicted molar refractivity (Wildman–Crippen MR) is 83.2 cm³/mol. The smallest absolute Gasteiger partial charge is 0.00110 e. The van der Waals surface area contributed by atoms with Crippen LogP contribution in [0, 0.1) is 0 Å². The molecule has 0 aliphatic carbocycles. The minimum Gasteiger partial charge on any atom is -0.303 e. The maximum atomic E-state index is 4.32. The average Bonchev–Trinajstić information content (AvgIpc) is 2.35. The van der Waals surface area contributed by atoms with Gasteiger partial charge >= 0.3 is 0 Å². The highest BCUT2D eigenvalue weighted by Crippen LogP contribution is 2.06. The normalized spacial score (nSPS) is 11.3. The number of nitrogens with zero attached hydrogens (tertiary/aromatic N) is 1. The molecule has 0 rings (SSSR count). The highest BCUT2D eigenvalue weighted by molar-refractivity contribution is 7.80. The van der Waals surface area contributed by atoms with Crippen molar-refractivity contribution in [2.75, 3.05) is 25.4 Å². The molecule has 0 heterocycles. The molecule has 0 aliphatic heterocycles. The van der Waals surface area contributed by atoms with Gasteiger partial charge in [0.25, 0.3) is 0 Å². The zero-order chi connectivity index (χ0) is 12.8. The predicted octanol–water partition coefficient (Wildman–Crippen LogP) is 4.77. The molecule has 0 unspecified atom stereocenters. The van der Waals surface area contributed by atoms with Crippen LogP contribution < -0.4 is 0 Å². The summed E-state index contributed by atoms with van der Waals surface area (Å²) in [7, 11) is 0. The van der Waals surface area contributed by atoms with Crippen molar-refractivity contribution < 1.29 is 0 Å². The SMILES string of the molecule is CCCCCCN(CCCS)CCCCCC. The molecule has 0 N–H and O–H groups in total. The molecule has 0 atom stereocenters. The monoisotopic (exact) mass is 259 g/mol. The Kier molecular flexibility index (Phi) is 14.6. The van der Waals surface area contributed by atoms with Gasteiger partial charge in [-0.1, -0.05) is 52.4 Å². The van der Waals surface area contributed by atoms with Gasteiger partial charge in [-0.05, 0) is 44.6 Å². The molecule has 1 nitrogen and oxygen atoms in total. The highest BCUT2D eigenvalue weighted by atomic mass is 32.1. The summed E-state index contributed by atoms with van der Waals surface area (Å²) in [6.07, 6.45) is 12.3. The first kappa shape index (κ1) is 17.3. The molecule has 0 radical (unpaired) electrons. The second kappa shape index (κ2) is 14.4. The van der Waals surface area contributed by atoms with E-state index < -0.39 is 0 Å². The summed E-state index contributed by atoms with van der Waals surface area (Å²) in [5, 5.41) is 0. The van der Waals surface area contributed by atoms with E-state index in [-0.39, 0.29) is 0 Å². The molecule has 0 aromatic carbocycles. The number of hydrogen-bond acceptors (Lipinski definition) is 2. The van der Waals surface area contributed by atoms with Gasteiger partial charge in [0.1, 0.15) is 0 Å². The molecule has 104 valence electrons. The molecule has 0 fully saturated rings. The van der Waals surface area contributed by atoms with Crippen LogP contribution in [0.4, 0.5) is 0 Å². The third-order valence-corrected chi connectivity index (χ3v) is 3.60. The van der Waals surface area contributed by atoms with Gasteiger partial charge < -0.3 is 4.90 Å². The van der Waals surface area contributed by atoms with Crippen molar-refractivity contribution >= 4 is 12.6 Å². The Morgan fingerprint density at radius 1 is 0.647 bits per heavy atom. The lowest BCUT2D eigenvalue weighted by Crippen LogP contribution is -2.27. The fraction of sp³-hybridized carbons (Fsp3) is 1.00.